The molecule has 3 aromatic rings. The molecule has 1 saturated heterocycles. The molecule has 1 fully saturated rings. The molecule has 0 radical (unpaired) electrons. The standard InChI is InChI=1S/C23H18IN3O2S/c24-19-8-4-5-16(13-19)14-25-26-22(29)17-9-11-20(12-10-17)27-21(28)15-30-23(27)18-6-2-1-3-7-18/h1-14,23H,15H2,(H,26,29). The minimum absolute atomic E-state index is 0.0587. The zero-order valence-corrected chi connectivity index (χ0v) is 18.8. The van der Waals surface area contributed by atoms with Crippen molar-refractivity contribution in [3.05, 3.63) is 99.1 Å². The number of carbonyl (C=O) groups excluding carboxylic acids is 2. The van der Waals surface area contributed by atoms with Crippen LogP contribution in [0.15, 0.2) is 84.0 Å². The first-order valence-corrected chi connectivity index (χ1v) is 11.4. The zero-order chi connectivity index (χ0) is 20.9. The maximum Gasteiger partial charge on any atom is 0.271 e. The number of carbonyl (C=O) groups is 2. The summed E-state index contributed by atoms with van der Waals surface area (Å²) < 4.78 is 1.10. The Bertz CT molecular complexity index is 1090. The monoisotopic (exact) mass is 527 g/mol. The largest absolute Gasteiger partial charge is 0.295 e. The highest BCUT2D eigenvalue weighted by Gasteiger charge is 2.33. The van der Waals surface area contributed by atoms with Gasteiger partial charge < -0.3 is 0 Å². The highest BCUT2D eigenvalue weighted by Crippen LogP contribution is 2.41. The summed E-state index contributed by atoms with van der Waals surface area (Å²) in [6.07, 6.45) is 1.61. The average molecular weight is 527 g/mol. The molecule has 0 bridgehead atoms. The third-order valence-electron chi connectivity index (χ3n) is 4.59. The highest BCUT2D eigenvalue weighted by atomic mass is 127. The Morgan fingerprint density at radius 1 is 1.07 bits per heavy atom. The number of halogens is 1. The SMILES string of the molecule is O=C(NN=Cc1cccc(I)c1)c1ccc(N2C(=O)CSC2c2ccccc2)cc1. The van der Waals surface area contributed by atoms with Gasteiger partial charge in [-0.25, -0.2) is 5.43 Å². The molecular weight excluding hydrogens is 509 g/mol. The van der Waals surface area contributed by atoms with E-state index < -0.39 is 0 Å². The molecule has 5 nitrogen and oxygen atoms in total. The van der Waals surface area contributed by atoms with Crippen LogP contribution in [0.2, 0.25) is 0 Å². The van der Waals surface area contributed by atoms with Gasteiger partial charge in [0.15, 0.2) is 0 Å². The Labute approximate surface area is 192 Å². The number of benzene rings is 3. The van der Waals surface area contributed by atoms with Crippen LogP contribution in [-0.2, 0) is 4.79 Å². The van der Waals surface area contributed by atoms with Crippen LogP contribution in [0.4, 0.5) is 5.69 Å². The number of nitrogens with zero attached hydrogens (tertiary/aromatic N) is 2. The summed E-state index contributed by atoms with van der Waals surface area (Å²) in [5.74, 6) is 0.202. The summed E-state index contributed by atoms with van der Waals surface area (Å²) in [4.78, 5) is 26.6. The molecule has 1 unspecified atom stereocenters. The van der Waals surface area contributed by atoms with Crippen molar-refractivity contribution in [1.82, 2.24) is 5.43 Å². The number of thioether (sulfide) groups is 1. The average Bonchev–Trinajstić information content (AvgIpc) is 3.16. The highest BCUT2D eigenvalue weighted by molar-refractivity contribution is 14.1. The van der Waals surface area contributed by atoms with E-state index >= 15 is 0 Å². The van der Waals surface area contributed by atoms with Crippen molar-refractivity contribution in [2.45, 2.75) is 5.37 Å². The lowest BCUT2D eigenvalue weighted by Crippen LogP contribution is -2.28. The maximum absolute atomic E-state index is 12.5. The molecule has 0 aliphatic carbocycles. The van der Waals surface area contributed by atoms with E-state index in [2.05, 4.69) is 33.1 Å². The summed E-state index contributed by atoms with van der Waals surface area (Å²) >= 11 is 3.83. The van der Waals surface area contributed by atoms with Crippen LogP contribution in [0, 0.1) is 3.57 Å². The molecule has 30 heavy (non-hydrogen) atoms. The summed E-state index contributed by atoms with van der Waals surface area (Å²) in [5, 5.41) is 3.97. The fraction of sp³-hybridized carbons (Fsp3) is 0.0870. The molecule has 1 aliphatic rings. The summed E-state index contributed by atoms with van der Waals surface area (Å²) in [6.45, 7) is 0. The lowest BCUT2D eigenvalue weighted by Gasteiger charge is -2.24. The van der Waals surface area contributed by atoms with Crippen LogP contribution in [0.1, 0.15) is 26.9 Å². The molecule has 3 aromatic carbocycles. The number of hydrogen-bond acceptors (Lipinski definition) is 4. The molecule has 0 spiro atoms. The van der Waals surface area contributed by atoms with E-state index in [1.165, 1.54) is 0 Å². The first-order chi connectivity index (χ1) is 14.6. The Balaban J connectivity index is 1.45. The van der Waals surface area contributed by atoms with Gasteiger partial charge in [-0.3, -0.25) is 14.5 Å². The molecule has 0 saturated carbocycles. The first-order valence-electron chi connectivity index (χ1n) is 9.29. The van der Waals surface area contributed by atoms with Crippen LogP contribution >= 0.6 is 34.4 Å². The second-order valence-corrected chi connectivity index (χ2v) is 8.95. The molecule has 0 aromatic heterocycles. The van der Waals surface area contributed by atoms with Crippen molar-refractivity contribution in [2.24, 2.45) is 5.10 Å². The lowest BCUT2D eigenvalue weighted by molar-refractivity contribution is -0.115. The van der Waals surface area contributed by atoms with Gasteiger partial charge in [-0.15, -0.1) is 11.8 Å². The molecular formula is C23H18IN3O2S. The molecule has 1 atom stereocenters. The van der Waals surface area contributed by atoms with Crippen molar-refractivity contribution in [1.29, 1.82) is 0 Å². The Morgan fingerprint density at radius 2 is 1.83 bits per heavy atom. The number of amides is 2. The van der Waals surface area contributed by atoms with Gasteiger partial charge in [0.1, 0.15) is 5.37 Å². The molecule has 150 valence electrons. The lowest BCUT2D eigenvalue weighted by atomic mass is 10.1. The van der Waals surface area contributed by atoms with Crippen molar-refractivity contribution >= 4 is 58.1 Å². The third-order valence-corrected chi connectivity index (χ3v) is 6.47. The third kappa shape index (κ3) is 4.73. The Morgan fingerprint density at radius 3 is 2.57 bits per heavy atom. The molecule has 1 heterocycles. The van der Waals surface area contributed by atoms with Crippen molar-refractivity contribution in [3.63, 3.8) is 0 Å². The van der Waals surface area contributed by atoms with Gasteiger partial charge in [0.25, 0.3) is 5.91 Å². The summed E-state index contributed by atoms with van der Waals surface area (Å²) in [6, 6.07) is 24.8. The van der Waals surface area contributed by atoms with Crippen molar-refractivity contribution in [2.75, 3.05) is 10.7 Å². The molecule has 1 aliphatic heterocycles. The van der Waals surface area contributed by atoms with Crippen LogP contribution in [0.25, 0.3) is 0 Å². The van der Waals surface area contributed by atoms with Gasteiger partial charge in [0.2, 0.25) is 5.91 Å². The fourth-order valence-electron chi connectivity index (χ4n) is 3.16. The van der Waals surface area contributed by atoms with Gasteiger partial charge in [-0.2, -0.15) is 5.10 Å². The molecule has 1 N–H and O–H groups in total. The van der Waals surface area contributed by atoms with Crippen LogP contribution in [0.5, 0.6) is 0 Å². The van der Waals surface area contributed by atoms with Crippen LogP contribution < -0.4 is 10.3 Å². The number of rotatable bonds is 5. The molecule has 7 heteroatoms. The van der Waals surface area contributed by atoms with E-state index in [4.69, 9.17) is 0 Å². The van der Waals surface area contributed by atoms with Crippen LogP contribution in [0.3, 0.4) is 0 Å². The zero-order valence-electron chi connectivity index (χ0n) is 15.9. The minimum atomic E-state index is -0.301. The topological polar surface area (TPSA) is 61.8 Å². The second kappa shape index (κ2) is 9.44. The van der Waals surface area contributed by atoms with Crippen molar-refractivity contribution in [3.8, 4) is 0 Å². The van der Waals surface area contributed by atoms with Gasteiger partial charge in [0, 0.05) is 14.8 Å². The smallest absolute Gasteiger partial charge is 0.271 e. The summed E-state index contributed by atoms with van der Waals surface area (Å²) in [7, 11) is 0. The van der Waals surface area contributed by atoms with E-state index in [0.717, 1.165) is 20.4 Å². The normalized spacial score (nSPS) is 16.2. The number of hydrogen-bond donors (Lipinski definition) is 1. The van der Waals surface area contributed by atoms with E-state index in [0.29, 0.717) is 11.3 Å². The molecule has 2 amide bonds. The van der Waals surface area contributed by atoms with E-state index in [1.807, 2.05) is 54.6 Å². The predicted octanol–water partition coefficient (Wildman–Crippen LogP) is 4.83. The summed E-state index contributed by atoms with van der Waals surface area (Å²) in [5.41, 5.74) is 5.79. The number of nitrogens with one attached hydrogen (secondary N) is 1. The van der Waals surface area contributed by atoms with E-state index in [1.54, 1.807) is 47.1 Å². The quantitative estimate of drug-likeness (QED) is 0.294. The maximum atomic E-state index is 12.5. The molecule has 4 rings (SSSR count). The number of anilines is 1. The van der Waals surface area contributed by atoms with Gasteiger partial charge in [-0.1, -0.05) is 42.5 Å². The van der Waals surface area contributed by atoms with Gasteiger partial charge >= 0.3 is 0 Å². The van der Waals surface area contributed by atoms with Gasteiger partial charge in [0.05, 0.1) is 12.0 Å². The van der Waals surface area contributed by atoms with E-state index in [9.17, 15) is 9.59 Å². The van der Waals surface area contributed by atoms with Gasteiger partial charge in [-0.05, 0) is 70.1 Å². The Kier molecular flexibility index (Phi) is 6.49. The minimum Gasteiger partial charge on any atom is -0.295 e. The number of hydrazone groups is 1. The Hall–Kier alpha value is -2.65. The first kappa shape index (κ1) is 20.6. The van der Waals surface area contributed by atoms with E-state index in [-0.39, 0.29) is 17.2 Å². The van der Waals surface area contributed by atoms with Crippen LogP contribution in [-0.4, -0.2) is 23.8 Å². The predicted molar refractivity (Wildman–Crippen MR) is 130 cm³/mol. The fourth-order valence-corrected chi connectivity index (χ4v) is 4.90. The second-order valence-electron chi connectivity index (χ2n) is 6.64. The van der Waals surface area contributed by atoms with Crippen molar-refractivity contribution < 1.29 is 9.59 Å².